The van der Waals surface area contributed by atoms with Crippen LogP contribution >= 0.6 is 0 Å². The molecule has 0 amide bonds. The van der Waals surface area contributed by atoms with Crippen LogP contribution in [0.4, 0.5) is 0 Å². The summed E-state index contributed by atoms with van der Waals surface area (Å²) in [5.74, 6) is 0. The number of hydrogen-bond acceptors (Lipinski definition) is 6. The summed E-state index contributed by atoms with van der Waals surface area (Å²) in [6.07, 6.45) is 22.6. The van der Waals surface area contributed by atoms with Crippen molar-refractivity contribution >= 4 is 46.4 Å². The van der Waals surface area contributed by atoms with E-state index in [4.69, 9.17) is 19.9 Å². The van der Waals surface area contributed by atoms with Gasteiger partial charge < -0.3 is 9.97 Å². The van der Waals surface area contributed by atoms with E-state index in [2.05, 4.69) is 19.9 Å². The number of rotatable bonds is 4. The number of fused-ring (bicyclic) bond motifs is 8. The minimum atomic E-state index is 0. The molecule has 0 unspecified atom stereocenters. The number of aromatic nitrogens is 8. The Hall–Kier alpha value is -6.31. The Balaban J connectivity index is 0.00000348. The topological polar surface area (TPSA) is 106 Å². The number of nitrogens with zero attached hydrogens (tertiary/aromatic N) is 8. The maximum Gasteiger partial charge on any atom is 2.00 e. The first-order chi connectivity index (χ1) is 23.8. The maximum absolute atomic E-state index is 5.23. The number of hydrogen-bond donors (Lipinski definition) is 0. The predicted molar refractivity (Wildman–Crippen MR) is 190 cm³/mol. The summed E-state index contributed by atoms with van der Waals surface area (Å²) in [6.45, 7) is 0. The molecule has 9 heteroatoms. The zero-order valence-electron chi connectivity index (χ0n) is 25.8. The standard InChI is InChI=1S/C40H24N8.Ni/c1-5-25(21-41-17-1)37-29-9-11-31(45-29)38(26-6-2-18-42-22-26)33-13-15-35(47-33)40(28-8-4-20-44-24-28)36-16-14-34(48-36)39(27-7-3-19-43-23-27)32-12-10-30(37)46-32;/h1-24H;/q-2;+2. The van der Waals surface area contributed by atoms with Crippen LogP contribution < -0.4 is 9.97 Å². The van der Waals surface area contributed by atoms with Crippen LogP contribution in [0, 0.1) is 0 Å². The monoisotopic (exact) mass is 674 g/mol. The van der Waals surface area contributed by atoms with Crippen LogP contribution in [0.1, 0.15) is 22.8 Å². The Bertz CT molecular complexity index is 2400. The summed E-state index contributed by atoms with van der Waals surface area (Å²) < 4.78 is 0. The van der Waals surface area contributed by atoms with Crippen LogP contribution in [0.2, 0.25) is 0 Å². The van der Waals surface area contributed by atoms with Crippen LogP contribution in [-0.2, 0) is 16.5 Å². The van der Waals surface area contributed by atoms with Gasteiger partial charge in [0, 0.05) is 71.8 Å². The van der Waals surface area contributed by atoms with Crippen LogP contribution in [0.3, 0.4) is 0 Å². The minimum absolute atomic E-state index is 0. The van der Waals surface area contributed by atoms with Crippen LogP contribution in [0.25, 0.3) is 90.9 Å². The average molecular weight is 675 g/mol. The van der Waals surface area contributed by atoms with Crippen LogP contribution in [0.5, 0.6) is 0 Å². The Morgan fingerprint density at radius 3 is 1.00 bits per heavy atom. The summed E-state index contributed by atoms with van der Waals surface area (Å²) in [5, 5.41) is 0. The molecule has 49 heavy (non-hydrogen) atoms. The molecule has 0 spiro atoms. The third-order valence-electron chi connectivity index (χ3n) is 8.41. The van der Waals surface area contributed by atoms with Crippen molar-refractivity contribution in [1.82, 2.24) is 39.9 Å². The smallest absolute Gasteiger partial charge is 0.657 e. The molecule has 9 rings (SSSR count). The van der Waals surface area contributed by atoms with Crippen molar-refractivity contribution in [3.63, 3.8) is 0 Å². The van der Waals surface area contributed by atoms with Crippen molar-refractivity contribution in [3.8, 4) is 44.5 Å². The van der Waals surface area contributed by atoms with Gasteiger partial charge in [0.2, 0.25) is 0 Å². The van der Waals surface area contributed by atoms with Gasteiger partial charge in [0.1, 0.15) is 0 Å². The van der Waals surface area contributed by atoms with Crippen molar-refractivity contribution in [2.75, 3.05) is 0 Å². The maximum atomic E-state index is 5.23. The molecule has 0 N–H and O–H groups in total. The molecule has 234 valence electrons. The second-order valence-electron chi connectivity index (χ2n) is 11.3. The largest absolute Gasteiger partial charge is 2.00 e. The van der Waals surface area contributed by atoms with Gasteiger partial charge in [-0.2, -0.15) is 0 Å². The number of pyridine rings is 4. The first-order valence-corrected chi connectivity index (χ1v) is 15.5. The van der Waals surface area contributed by atoms with Crippen molar-refractivity contribution in [2.45, 2.75) is 0 Å². The molecule has 0 aromatic carbocycles. The zero-order valence-corrected chi connectivity index (χ0v) is 26.7. The molecule has 9 heterocycles. The summed E-state index contributed by atoms with van der Waals surface area (Å²) in [6, 6.07) is 24.0. The van der Waals surface area contributed by atoms with Crippen molar-refractivity contribution in [3.05, 3.63) is 145 Å². The molecule has 8 nitrogen and oxygen atoms in total. The van der Waals surface area contributed by atoms with Gasteiger partial charge in [-0.05, 0) is 70.8 Å². The zero-order chi connectivity index (χ0) is 31.9. The van der Waals surface area contributed by atoms with Gasteiger partial charge in [-0.1, -0.05) is 48.5 Å². The third-order valence-corrected chi connectivity index (χ3v) is 8.41. The summed E-state index contributed by atoms with van der Waals surface area (Å²) in [7, 11) is 0. The average Bonchev–Trinajstić information content (AvgIpc) is 3.98. The molecule has 0 saturated carbocycles. The quantitative estimate of drug-likeness (QED) is 0.172. The first-order valence-electron chi connectivity index (χ1n) is 15.5. The molecule has 0 aliphatic carbocycles. The summed E-state index contributed by atoms with van der Waals surface area (Å²) in [5.41, 5.74) is 13.4. The Morgan fingerprint density at radius 2 is 0.653 bits per heavy atom. The first kappa shape index (κ1) is 30.1. The third kappa shape index (κ3) is 5.46. The second-order valence-corrected chi connectivity index (χ2v) is 11.3. The van der Waals surface area contributed by atoms with Crippen LogP contribution in [-0.4, -0.2) is 29.9 Å². The van der Waals surface area contributed by atoms with Gasteiger partial charge in [-0.15, -0.1) is 22.1 Å². The van der Waals surface area contributed by atoms with E-state index >= 15 is 0 Å². The molecule has 0 radical (unpaired) electrons. The molecule has 2 aliphatic rings. The van der Waals surface area contributed by atoms with Gasteiger partial charge in [0.15, 0.2) is 0 Å². The normalized spacial score (nSPS) is 11.8. The predicted octanol–water partition coefficient (Wildman–Crippen LogP) is 8.16. The molecule has 0 saturated heterocycles. The molecular formula is C40H24N8Ni. The summed E-state index contributed by atoms with van der Waals surface area (Å²) >= 11 is 0. The molecule has 0 atom stereocenters. The molecule has 7 aromatic heterocycles. The Labute approximate surface area is 291 Å². The van der Waals surface area contributed by atoms with E-state index < -0.39 is 0 Å². The fourth-order valence-electron chi connectivity index (χ4n) is 6.31. The van der Waals surface area contributed by atoms with Gasteiger partial charge in [0.25, 0.3) is 0 Å². The Kier molecular flexibility index (Phi) is 7.80. The van der Waals surface area contributed by atoms with Gasteiger partial charge in [-0.3, -0.25) is 19.9 Å². The van der Waals surface area contributed by atoms with E-state index in [1.807, 2.05) is 122 Å². The van der Waals surface area contributed by atoms with E-state index in [9.17, 15) is 0 Å². The fourth-order valence-corrected chi connectivity index (χ4v) is 6.31. The van der Waals surface area contributed by atoms with E-state index in [1.54, 1.807) is 24.8 Å². The fraction of sp³-hybridized carbons (Fsp3) is 0. The molecule has 2 aliphatic heterocycles. The molecule has 8 bridgehead atoms. The minimum Gasteiger partial charge on any atom is -0.657 e. The Morgan fingerprint density at radius 1 is 0.347 bits per heavy atom. The van der Waals surface area contributed by atoms with E-state index in [0.717, 1.165) is 89.4 Å². The van der Waals surface area contributed by atoms with Crippen molar-refractivity contribution in [2.24, 2.45) is 0 Å². The van der Waals surface area contributed by atoms with Gasteiger partial charge in [-0.25, -0.2) is 9.97 Å². The molecule has 7 aromatic rings. The van der Waals surface area contributed by atoms with E-state index in [1.165, 1.54) is 0 Å². The van der Waals surface area contributed by atoms with Crippen molar-refractivity contribution < 1.29 is 16.5 Å². The van der Waals surface area contributed by atoms with Crippen molar-refractivity contribution in [1.29, 1.82) is 0 Å². The summed E-state index contributed by atoms with van der Waals surface area (Å²) in [4.78, 5) is 38.7. The van der Waals surface area contributed by atoms with Crippen LogP contribution in [0.15, 0.2) is 122 Å². The van der Waals surface area contributed by atoms with Gasteiger partial charge >= 0.3 is 16.5 Å². The molecule has 0 fully saturated rings. The second kappa shape index (κ2) is 12.7. The molecular weight excluding hydrogens is 651 g/mol. The van der Waals surface area contributed by atoms with E-state index in [-0.39, 0.29) is 16.5 Å². The van der Waals surface area contributed by atoms with Gasteiger partial charge in [0.05, 0.1) is 22.8 Å². The SMILES string of the molecule is C1=Cc2nc1c(-c1cccnc1)c1nc(c(-c3cccnc3)c3ccc([n-]3)c(-c3cccnc3)c3ccc([n-]3)c2-c2cccnc2)C=C1.[Ni+2]. The van der Waals surface area contributed by atoms with E-state index in [0.29, 0.717) is 0 Å².